The van der Waals surface area contributed by atoms with Crippen molar-refractivity contribution in [3.05, 3.63) is 59.7 Å². The Morgan fingerprint density at radius 1 is 1.12 bits per heavy atom. The number of carbonyl (C=O) groups excluding carboxylic acids is 2. The van der Waals surface area contributed by atoms with Crippen LogP contribution >= 0.6 is 0 Å². The number of benzene rings is 2. The zero-order valence-corrected chi connectivity index (χ0v) is 15.3. The fraction of sp³-hybridized carbons (Fsp3) is 0.222. The molecule has 138 valence electrons. The quantitative estimate of drug-likeness (QED) is 0.636. The van der Waals surface area contributed by atoms with Gasteiger partial charge in [-0.1, -0.05) is 24.3 Å². The van der Waals surface area contributed by atoms with E-state index in [1.165, 1.54) is 19.1 Å². The highest BCUT2D eigenvalue weighted by atomic mass is 32.2. The van der Waals surface area contributed by atoms with Crippen molar-refractivity contribution < 1.29 is 18.0 Å². The molecule has 0 aliphatic carbocycles. The van der Waals surface area contributed by atoms with E-state index >= 15 is 0 Å². The van der Waals surface area contributed by atoms with E-state index in [1.54, 1.807) is 43.3 Å². The lowest BCUT2D eigenvalue weighted by Gasteiger charge is -2.14. The summed E-state index contributed by atoms with van der Waals surface area (Å²) in [7, 11) is -3.72. The molecule has 26 heavy (non-hydrogen) atoms. The topological polar surface area (TPSA) is 118 Å². The summed E-state index contributed by atoms with van der Waals surface area (Å²) in [6, 6.07) is 12.3. The molecule has 0 aliphatic heterocycles. The summed E-state index contributed by atoms with van der Waals surface area (Å²) in [4.78, 5) is 23.7. The Kier molecular flexibility index (Phi) is 6.25. The summed E-state index contributed by atoms with van der Waals surface area (Å²) in [5, 5.41) is 10.9. The zero-order valence-electron chi connectivity index (χ0n) is 14.5. The third-order valence-corrected chi connectivity index (χ3v) is 4.72. The standard InChI is InChI=1S/C18H21N3O4S/c1-12(18(23)21-16-5-3-4-15(10-16)13(2)22)20-11-14-6-8-17(9-7-14)26(19,24)25/h3-10,12,20H,11H2,1-2H3,(H,21,23)(H2,19,24,25)/t12-/m1/s1. The number of carbonyl (C=O) groups is 2. The number of nitrogens with two attached hydrogens (primary N) is 1. The normalized spacial score (nSPS) is 12.4. The van der Waals surface area contributed by atoms with Crippen molar-refractivity contribution in [2.75, 3.05) is 5.32 Å². The maximum atomic E-state index is 12.2. The van der Waals surface area contributed by atoms with Crippen LogP contribution in [0.2, 0.25) is 0 Å². The Bertz CT molecular complexity index is 908. The van der Waals surface area contributed by atoms with Gasteiger partial charge in [0, 0.05) is 17.8 Å². The molecule has 7 nitrogen and oxygen atoms in total. The fourth-order valence-electron chi connectivity index (χ4n) is 2.23. The Balaban J connectivity index is 1.93. The lowest BCUT2D eigenvalue weighted by atomic mass is 10.1. The number of amides is 1. The molecule has 2 aromatic carbocycles. The minimum atomic E-state index is -3.72. The van der Waals surface area contributed by atoms with E-state index in [9.17, 15) is 18.0 Å². The molecule has 1 amide bonds. The molecule has 8 heteroatoms. The smallest absolute Gasteiger partial charge is 0.241 e. The van der Waals surface area contributed by atoms with Gasteiger partial charge in [0.15, 0.2) is 5.78 Å². The molecular formula is C18H21N3O4S. The van der Waals surface area contributed by atoms with Crippen LogP contribution in [0.25, 0.3) is 0 Å². The van der Waals surface area contributed by atoms with Crippen LogP contribution in [0.3, 0.4) is 0 Å². The minimum absolute atomic E-state index is 0.0393. The van der Waals surface area contributed by atoms with E-state index in [4.69, 9.17) is 5.14 Å². The number of anilines is 1. The summed E-state index contributed by atoms with van der Waals surface area (Å²) in [5.41, 5.74) is 1.89. The van der Waals surface area contributed by atoms with Crippen molar-refractivity contribution >= 4 is 27.4 Å². The molecule has 4 N–H and O–H groups in total. The predicted molar refractivity (Wildman–Crippen MR) is 99.2 cm³/mol. The van der Waals surface area contributed by atoms with Gasteiger partial charge in [-0.3, -0.25) is 9.59 Å². The monoisotopic (exact) mass is 375 g/mol. The highest BCUT2D eigenvalue weighted by Gasteiger charge is 2.13. The number of hydrogen-bond acceptors (Lipinski definition) is 5. The fourth-order valence-corrected chi connectivity index (χ4v) is 2.74. The molecule has 0 unspecified atom stereocenters. The van der Waals surface area contributed by atoms with Crippen molar-refractivity contribution in [3.8, 4) is 0 Å². The number of primary sulfonamides is 1. The Hall–Kier alpha value is -2.55. The van der Waals surface area contributed by atoms with E-state index in [-0.39, 0.29) is 16.6 Å². The highest BCUT2D eigenvalue weighted by molar-refractivity contribution is 7.89. The molecule has 0 bridgehead atoms. The second kappa shape index (κ2) is 8.22. The van der Waals surface area contributed by atoms with Crippen molar-refractivity contribution in [1.82, 2.24) is 5.32 Å². The average Bonchev–Trinajstić information content (AvgIpc) is 2.59. The molecule has 0 saturated heterocycles. The number of ketones is 1. The van der Waals surface area contributed by atoms with E-state index in [2.05, 4.69) is 10.6 Å². The number of hydrogen-bond donors (Lipinski definition) is 3. The lowest BCUT2D eigenvalue weighted by Crippen LogP contribution is -2.37. The van der Waals surface area contributed by atoms with E-state index in [0.29, 0.717) is 17.8 Å². The van der Waals surface area contributed by atoms with Gasteiger partial charge >= 0.3 is 0 Å². The van der Waals surface area contributed by atoms with Crippen LogP contribution in [0.4, 0.5) is 5.69 Å². The molecule has 0 aliphatic rings. The first-order chi connectivity index (χ1) is 12.2. The molecule has 0 radical (unpaired) electrons. The summed E-state index contributed by atoms with van der Waals surface area (Å²) >= 11 is 0. The van der Waals surface area contributed by atoms with Gasteiger partial charge in [-0.25, -0.2) is 13.6 Å². The minimum Gasteiger partial charge on any atom is -0.325 e. The first-order valence-corrected chi connectivity index (χ1v) is 9.48. The van der Waals surface area contributed by atoms with Gasteiger partial charge in [-0.05, 0) is 43.7 Å². The molecule has 0 fully saturated rings. The molecule has 0 aromatic heterocycles. The van der Waals surface area contributed by atoms with Crippen LogP contribution in [0, 0.1) is 0 Å². The van der Waals surface area contributed by atoms with Gasteiger partial charge in [0.1, 0.15) is 0 Å². The SMILES string of the molecule is CC(=O)c1cccc(NC(=O)[C@@H](C)NCc2ccc(S(N)(=O)=O)cc2)c1. The molecule has 0 heterocycles. The van der Waals surface area contributed by atoms with Crippen molar-refractivity contribution in [2.45, 2.75) is 31.3 Å². The summed E-state index contributed by atoms with van der Waals surface area (Å²) in [6.45, 7) is 3.56. The largest absolute Gasteiger partial charge is 0.325 e. The molecule has 0 spiro atoms. The summed E-state index contributed by atoms with van der Waals surface area (Å²) in [5.74, 6) is -0.318. The van der Waals surface area contributed by atoms with Gasteiger partial charge in [0.2, 0.25) is 15.9 Å². The molecule has 0 saturated carbocycles. The maximum Gasteiger partial charge on any atom is 0.241 e. The number of Topliss-reactive ketones (excluding diaryl/α,β-unsaturated/α-hetero) is 1. The summed E-state index contributed by atoms with van der Waals surface area (Å²) in [6.07, 6.45) is 0. The van der Waals surface area contributed by atoms with Gasteiger partial charge in [0.25, 0.3) is 0 Å². The predicted octanol–water partition coefficient (Wildman–Crippen LogP) is 1.65. The second-order valence-corrected chi connectivity index (χ2v) is 7.48. The van der Waals surface area contributed by atoms with Crippen LogP contribution < -0.4 is 15.8 Å². The number of rotatable bonds is 7. The van der Waals surface area contributed by atoms with Crippen molar-refractivity contribution in [1.29, 1.82) is 0 Å². The van der Waals surface area contributed by atoms with Crippen LogP contribution in [0.15, 0.2) is 53.4 Å². The molecule has 1 atom stereocenters. The van der Waals surface area contributed by atoms with Crippen LogP contribution in [0.1, 0.15) is 29.8 Å². The maximum absolute atomic E-state index is 12.2. The van der Waals surface area contributed by atoms with Crippen molar-refractivity contribution in [2.24, 2.45) is 5.14 Å². The van der Waals surface area contributed by atoms with E-state index < -0.39 is 16.1 Å². The Labute approximate surface area is 152 Å². The van der Waals surface area contributed by atoms with Crippen LogP contribution in [0.5, 0.6) is 0 Å². The zero-order chi connectivity index (χ0) is 19.3. The first-order valence-electron chi connectivity index (χ1n) is 7.94. The van der Waals surface area contributed by atoms with Gasteiger partial charge in [0.05, 0.1) is 10.9 Å². The first kappa shape index (κ1) is 19.8. The lowest BCUT2D eigenvalue weighted by molar-refractivity contribution is -0.117. The van der Waals surface area contributed by atoms with Crippen LogP contribution in [-0.2, 0) is 21.4 Å². The summed E-state index contributed by atoms with van der Waals surface area (Å²) < 4.78 is 22.5. The second-order valence-electron chi connectivity index (χ2n) is 5.92. The van der Waals surface area contributed by atoms with Crippen LogP contribution in [-0.4, -0.2) is 26.2 Å². The Morgan fingerprint density at radius 3 is 2.35 bits per heavy atom. The van der Waals surface area contributed by atoms with Crippen molar-refractivity contribution in [3.63, 3.8) is 0 Å². The highest BCUT2D eigenvalue weighted by Crippen LogP contribution is 2.12. The molecular weight excluding hydrogens is 354 g/mol. The van der Waals surface area contributed by atoms with E-state index in [1.807, 2.05) is 0 Å². The third kappa shape index (κ3) is 5.48. The number of sulfonamides is 1. The van der Waals surface area contributed by atoms with Gasteiger partial charge < -0.3 is 10.6 Å². The van der Waals surface area contributed by atoms with E-state index in [0.717, 1.165) is 5.56 Å². The average molecular weight is 375 g/mol. The number of nitrogens with one attached hydrogen (secondary N) is 2. The molecule has 2 rings (SSSR count). The van der Waals surface area contributed by atoms with Gasteiger partial charge in [-0.15, -0.1) is 0 Å². The molecule has 2 aromatic rings. The Morgan fingerprint density at radius 2 is 1.77 bits per heavy atom. The van der Waals surface area contributed by atoms with Gasteiger partial charge in [-0.2, -0.15) is 0 Å². The third-order valence-electron chi connectivity index (χ3n) is 3.79.